The fraction of sp³-hybridized carbons (Fsp3) is 0.421. The molecule has 3 heterocycles. The van der Waals surface area contributed by atoms with Crippen LogP contribution in [0.25, 0.3) is 5.78 Å². The van der Waals surface area contributed by atoms with Gasteiger partial charge in [0.05, 0.1) is 7.11 Å². The van der Waals surface area contributed by atoms with Gasteiger partial charge in [0.15, 0.2) is 5.69 Å². The molecule has 0 bridgehead atoms. The summed E-state index contributed by atoms with van der Waals surface area (Å²) in [6, 6.07) is 6.15. The molecule has 1 aliphatic heterocycles. The van der Waals surface area contributed by atoms with Crippen LogP contribution in [-0.2, 0) is 12.7 Å². The molecule has 0 saturated carbocycles. The molecule has 29 heavy (non-hydrogen) atoms. The number of aromatic hydroxyl groups is 1. The van der Waals surface area contributed by atoms with Gasteiger partial charge in [-0.2, -0.15) is 27.8 Å². The molecule has 1 aromatic carbocycles. The monoisotopic (exact) mass is 407 g/mol. The Morgan fingerprint density at radius 3 is 2.66 bits per heavy atom. The van der Waals surface area contributed by atoms with Crippen molar-refractivity contribution in [3.05, 3.63) is 47.5 Å². The van der Waals surface area contributed by atoms with Crippen molar-refractivity contribution in [3.8, 4) is 11.5 Å². The predicted octanol–water partition coefficient (Wildman–Crippen LogP) is 3.24. The molecule has 0 radical (unpaired) electrons. The first-order valence-electron chi connectivity index (χ1n) is 9.21. The summed E-state index contributed by atoms with van der Waals surface area (Å²) in [5, 5.41) is 13.7. The largest absolute Gasteiger partial charge is 0.508 e. The highest BCUT2D eigenvalue weighted by atomic mass is 19.4. The van der Waals surface area contributed by atoms with Gasteiger partial charge in [-0.1, -0.05) is 0 Å². The quantitative estimate of drug-likeness (QED) is 0.716. The molecular formula is C19H20F3N5O2. The number of halogens is 3. The Morgan fingerprint density at radius 1 is 1.21 bits per heavy atom. The van der Waals surface area contributed by atoms with Crippen LogP contribution in [0.2, 0.25) is 0 Å². The highest BCUT2D eigenvalue weighted by Crippen LogP contribution is 2.34. The van der Waals surface area contributed by atoms with Crippen molar-refractivity contribution in [2.24, 2.45) is 0 Å². The minimum atomic E-state index is -4.53. The molecule has 0 amide bonds. The Bertz CT molecular complexity index is 1010. The van der Waals surface area contributed by atoms with E-state index >= 15 is 0 Å². The number of nitrogens with zero attached hydrogens (tertiary/aromatic N) is 5. The molecule has 3 aromatic rings. The molecule has 10 heteroatoms. The average Bonchev–Trinajstić information content (AvgIpc) is 3.17. The van der Waals surface area contributed by atoms with Crippen molar-refractivity contribution in [2.75, 3.05) is 20.2 Å². The molecule has 154 valence electrons. The first kappa shape index (κ1) is 19.4. The van der Waals surface area contributed by atoms with Gasteiger partial charge < -0.3 is 9.84 Å². The Morgan fingerprint density at radius 2 is 1.97 bits per heavy atom. The maximum Gasteiger partial charge on any atom is 0.433 e. The average molecular weight is 407 g/mol. The number of methoxy groups -OCH3 is 1. The second-order valence-corrected chi connectivity index (χ2v) is 7.08. The number of phenolic OH excluding ortho intramolecular Hbond substituents is 1. The van der Waals surface area contributed by atoms with E-state index in [1.54, 1.807) is 25.3 Å². The first-order valence-corrected chi connectivity index (χ1v) is 9.21. The van der Waals surface area contributed by atoms with Crippen LogP contribution in [0.4, 0.5) is 13.2 Å². The zero-order chi connectivity index (χ0) is 20.6. The Balaban J connectivity index is 1.49. The van der Waals surface area contributed by atoms with Crippen LogP contribution in [0.15, 0.2) is 30.6 Å². The molecule has 1 aliphatic rings. The van der Waals surface area contributed by atoms with Crippen molar-refractivity contribution in [3.63, 3.8) is 0 Å². The summed E-state index contributed by atoms with van der Waals surface area (Å²) in [7, 11) is 1.57. The van der Waals surface area contributed by atoms with E-state index in [4.69, 9.17) is 4.74 Å². The number of piperidine rings is 1. The minimum absolute atomic E-state index is 0.0430. The number of fused-ring (bicyclic) bond motifs is 1. The normalized spacial score (nSPS) is 16.4. The van der Waals surface area contributed by atoms with Crippen LogP contribution >= 0.6 is 0 Å². The second-order valence-electron chi connectivity index (χ2n) is 7.08. The third-order valence-corrected chi connectivity index (χ3v) is 5.25. The summed E-state index contributed by atoms with van der Waals surface area (Å²) in [4.78, 5) is 10.3. The summed E-state index contributed by atoms with van der Waals surface area (Å²) in [5.41, 5.74) is 0.283. The SMILES string of the molecule is COc1ccc(O)c(CN2CCC(c3cc(C(F)(F)F)n4ncnc4n3)CC2)c1. The molecule has 1 N–H and O–H groups in total. The Labute approximate surface area is 164 Å². The fourth-order valence-electron chi connectivity index (χ4n) is 3.68. The minimum Gasteiger partial charge on any atom is -0.508 e. The number of rotatable bonds is 4. The number of hydrogen-bond acceptors (Lipinski definition) is 6. The van der Waals surface area contributed by atoms with Gasteiger partial charge in [0, 0.05) is 23.7 Å². The van der Waals surface area contributed by atoms with Gasteiger partial charge in [0.1, 0.15) is 17.8 Å². The lowest BCUT2D eigenvalue weighted by atomic mass is 9.92. The van der Waals surface area contributed by atoms with E-state index in [0.29, 0.717) is 43.9 Å². The molecule has 1 saturated heterocycles. The summed E-state index contributed by atoms with van der Waals surface area (Å²) in [6.45, 7) is 1.91. The van der Waals surface area contributed by atoms with Gasteiger partial charge in [-0.3, -0.25) is 4.90 Å². The lowest BCUT2D eigenvalue weighted by Gasteiger charge is -2.32. The molecule has 0 atom stereocenters. The zero-order valence-electron chi connectivity index (χ0n) is 15.7. The molecule has 2 aromatic heterocycles. The van der Waals surface area contributed by atoms with Gasteiger partial charge in [-0.15, -0.1) is 0 Å². The summed E-state index contributed by atoms with van der Waals surface area (Å²) in [6.07, 6.45) is -2.13. The molecule has 1 fully saturated rings. The number of aromatic nitrogens is 4. The van der Waals surface area contributed by atoms with E-state index in [2.05, 4.69) is 20.0 Å². The summed E-state index contributed by atoms with van der Waals surface area (Å²) >= 11 is 0. The standard InChI is InChI=1S/C19H20F3N5O2/c1-29-14-2-3-16(28)13(8-14)10-26-6-4-12(5-7-26)15-9-17(19(20,21)22)27-18(25-15)23-11-24-27/h2-3,8-9,11-12,28H,4-7,10H2,1H3. The zero-order valence-corrected chi connectivity index (χ0v) is 15.7. The van der Waals surface area contributed by atoms with Crippen molar-refractivity contribution in [1.82, 2.24) is 24.5 Å². The van der Waals surface area contributed by atoms with Gasteiger partial charge >= 0.3 is 6.18 Å². The van der Waals surface area contributed by atoms with E-state index in [1.807, 2.05) is 0 Å². The van der Waals surface area contributed by atoms with E-state index in [-0.39, 0.29) is 17.4 Å². The number of phenols is 1. The first-order chi connectivity index (χ1) is 13.8. The summed E-state index contributed by atoms with van der Waals surface area (Å²) < 4.78 is 46.1. The van der Waals surface area contributed by atoms with Crippen molar-refractivity contribution < 1.29 is 23.0 Å². The predicted molar refractivity (Wildman–Crippen MR) is 97.7 cm³/mol. The molecule has 0 spiro atoms. The van der Waals surface area contributed by atoms with Crippen LogP contribution in [-0.4, -0.2) is 49.8 Å². The maximum atomic E-state index is 13.4. The van der Waals surface area contributed by atoms with Crippen LogP contribution in [0.3, 0.4) is 0 Å². The van der Waals surface area contributed by atoms with Gasteiger partial charge in [-0.25, -0.2) is 4.98 Å². The molecule has 7 nitrogen and oxygen atoms in total. The summed E-state index contributed by atoms with van der Waals surface area (Å²) in [5.74, 6) is 0.728. The fourth-order valence-corrected chi connectivity index (χ4v) is 3.68. The van der Waals surface area contributed by atoms with Gasteiger partial charge in [-0.05, 0) is 50.2 Å². The molecular weight excluding hydrogens is 387 g/mol. The molecule has 0 unspecified atom stereocenters. The van der Waals surface area contributed by atoms with E-state index < -0.39 is 11.9 Å². The second kappa shape index (κ2) is 7.51. The lowest BCUT2D eigenvalue weighted by Crippen LogP contribution is -2.33. The lowest BCUT2D eigenvalue weighted by molar-refractivity contribution is -0.142. The van der Waals surface area contributed by atoms with Crippen molar-refractivity contribution in [1.29, 1.82) is 0 Å². The third kappa shape index (κ3) is 3.98. The highest BCUT2D eigenvalue weighted by molar-refractivity contribution is 5.39. The Kier molecular flexibility index (Phi) is 5.03. The van der Waals surface area contributed by atoms with Gasteiger partial charge in [0.25, 0.3) is 5.78 Å². The van der Waals surface area contributed by atoms with Crippen LogP contribution in [0, 0.1) is 0 Å². The third-order valence-electron chi connectivity index (χ3n) is 5.25. The topological polar surface area (TPSA) is 75.8 Å². The Hall–Kier alpha value is -2.88. The van der Waals surface area contributed by atoms with Gasteiger partial charge in [0.2, 0.25) is 0 Å². The highest BCUT2D eigenvalue weighted by Gasteiger charge is 2.36. The van der Waals surface area contributed by atoms with E-state index in [0.717, 1.165) is 22.5 Å². The van der Waals surface area contributed by atoms with Crippen LogP contribution in [0.5, 0.6) is 11.5 Å². The van der Waals surface area contributed by atoms with Crippen LogP contribution in [0.1, 0.15) is 35.7 Å². The number of hydrogen-bond donors (Lipinski definition) is 1. The number of likely N-dealkylation sites (tertiary alicyclic amines) is 1. The smallest absolute Gasteiger partial charge is 0.433 e. The number of alkyl halides is 3. The van der Waals surface area contributed by atoms with Crippen molar-refractivity contribution in [2.45, 2.75) is 31.5 Å². The maximum absolute atomic E-state index is 13.4. The van der Waals surface area contributed by atoms with E-state index in [9.17, 15) is 18.3 Å². The number of benzene rings is 1. The van der Waals surface area contributed by atoms with E-state index in [1.165, 1.54) is 0 Å². The van der Waals surface area contributed by atoms with Crippen LogP contribution < -0.4 is 4.74 Å². The molecule has 0 aliphatic carbocycles. The number of ether oxygens (including phenoxy) is 1. The van der Waals surface area contributed by atoms with Crippen molar-refractivity contribution >= 4 is 5.78 Å². The molecule has 4 rings (SSSR count).